The third kappa shape index (κ3) is 3.74. The predicted octanol–water partition coefficient (Wildman–Crippen LogP) is 3.03. The highest BCUT2D eigenvalue weighted by Crippen LogP contribution is 2.30. The maximum absolute atomic E-state index is 13.6. The highest BCUT2D eigenvalue weighted by molar-refractivity contribution is 5.55. The van der Waals surface area contributed by atoms with Crippen LogP contribution in [0.1, 0.15) is 38.3 Å². The molecule has 0 spiro atoms. The van der Waals surface area contributed by atoms with Crippen LogP contribution in [0.2, 0.25) is 0 Å². The number of likely N-dealkylation sites (tertiary alicyclic amines) is 1. The summed E-state index contributed by atoms with van der Waals surface area (Å²) in [6.45, 7) is 7.74. The number of rotatable bonds is 5. The lowest BCUT2D eigenvalue weighted by molar-refractivity contribution is 0.220. The topological polar surface area (TPSA) is 18.5 Å². The molecule has 0 saturated carbocycles. The minimum absolute atomic E-state index is 0.147. The molecule has 1 saturated heterocycles. The summed E-state index contributed by atoms with van der Waals surface area (Å²) in [5.41, 5.74) is 2.19. The summed E-state index contributed by atoms with van der Waals surface area (Å²) in [6, 6.07) is 5.84. The van der Waals surface area contributed by atoms with E-state index in [1.54, 1.807) is 12.1 Å². The van der Waals surface area contributed by atoms with Crippen molar-refractivity contribution in [1.29, 1.82) is 0 Å². The molecule has 0 aromatic heterocycles. The van der Waals surface area contributed by atoms with Crippen LogP contribution in [0.5, 0.6) is 0 Å². The molecule has 2 rings (SSSR count). The van der Waals surface area contributed by atoms with Gasteiger partial charge in [-0.1, -0.05) is 6.92 Å². The van der Waals surface area contributed by atoms with E-state index < -0.39 is 0 Å². The van der Waals surface area contributed by atoms with Gasteiger partial charge in [-0.15, -0.1) is 0 Å². The molecule has 3 nitrogen and oxygen atoms in total. The average molecular weight is 293 g/mol. The second kappa shape index (κ2) is 7.23. The first kappa shape index (κ1) is 16.2. The van der Waals surface area contributed by atoms with Crippen LogP contribution in [0, 0.1) is 5.82 Å². The molecule has 0 radical (unpaired) electrons. The van der Waals surface area contributed by atoms with Gasteiger partial charge in [0.2, 0.25) is 0 Å². The van der Waals surface area contributed by atoms with Crippen molar-refractivity contribution in [2.24, 2.45) is 0 Å². The van der Waals surface area contributed by atoms with E-state index in [-0.39, 0.29) is 11.9 Å². The van der Waals surface area contributed by atoms with Gasteiger partial charge in [-0.2, -0.15) is 0 Å². The molecule has 21 heavy (non-hydrogen) atoms. The van der Waals surface area contributed by atoms with Gasteiger partial charge in [0.15, 0.2) is 0 Å². The van der Waals surface area contributed by atoms with Crippen LogP contribution < -0.4 is 10.2 Å². The number of anilines is 1. The fourth-order valence-corrected chi connectivity index (χ4v) is 3.17. The second-order valence-electron chi connectivity index (χ2n) is 5.99. The van der Waals surface area contributed by atoms with Crippen LogP contribution in [-0.4, -0.2) is 44.7 Å². The van der Waals surface area contributed by atoms with Crippen molar-refractivity contribution in [3.05, 3.63) is 29.6 Å². The van der Waals surface area contributed by atoms with E-state index in [1.807, 2.05) is 13.1 Å². The highest BCUT2D eigenvalue weighted by Gasteiger charge is 2.24. The van der Waals surface area contributed by atoms with Gasteiger partial charge in [0, 0.05) is 37.9 Å². The Labute approximate surface area is 128 Å². The molecule has 0 bridgehead atoms. The number of nitrogens with zero attached hydrogens (tertiary/aromatic N) is 2. The van der Waals surface area contributed by atoms with Gasteiger partial charge in [0.05, 0.1) is 0 Å². The van der Waals surface area contributed by atoms with Crippen molar-refractivity contribution < 1.29 is 4.39 Å². The summed E-state index contributed by atoms with van der Waals surface area (Å²) in [5, 5.41) is 3.22. The van der Waals surface area contributed by atoms with Crippen molar-refractivity contribution in [2.75, 3.05) is 38.6 Å². The van der Waals surface area contributed by atoms with E-state index in [4.69, 9.17) is 0 Å². The van der Waals surface area contributed by atoms with Crippen LogP contribution in [0.15, 0.2) is 18.2 Å². The lowest BCUT2D eigenvalue weighted by Gasteiger charge is -2.38. The van der Waals surface area contributed by atoms with E-state index in [1.165, 1.54) is 12.8 Å². The molecule has 1 atom stereocenters. The quantitative estimate of drug-likeness (QED) is 0.900. The zero-order chi connectivity index (χ0) is 15.4. The zero-order valence-corrected chi connectivity index (χ0v) is 13.7. The zero-order valence-electron chi connectivity index (χ0n) is 13.7. The summed E-state index contributed by atoms with van der Waals surface area (Å²) in [6.07, 6.45) is 2.35. The molecule has 1 aliphatic heterocycles. The Hall–Kier alpha value is -1.13. The second-order valence-corrected chi connectivity index (χ2v) is 5.99. The molecule has 0 aliphatic carbocycles. The van der Waals surface area contributed by atoms with E-state index in [0.29, 0.717) is 6.04 Å². The molecule has 1 fully saturated rings. The van der Waals surface area contributed by atoms with Crippen molar-refractivity contribution in [2.45, 2.75) is 38.8 Å². The molecule has 1 unspecified atom stereocenters. The third-order valence-corrected chi connectivity index (χ3v) is 4.82. The summed E-state index contributed by atoms with van der Waals surface area (Å²) < 4.78 is 13.6. The lowest BCUT2D eigenvalue weighted by atomic mass is 9.99. The molecular formula is C17H28FN3. The molecule has 1 aliphatic rings. The van der Waals surface area contributed by atoms with Gasteiger partial charge in [0.25, 0.3) is 0 Å². The third-order valence-electron chi connectivity index (χ3n) is 4.82. The van der Waals surface area contributed by atoms with Gasteiger partial charge in [-0.3, -0.25) is 0 Å². The van der Waals surface area contributed by atoms with E-state index in [0.717, 1.165) is 30.9 Å². The number of benzene rings is 1. The Morgan fingerprint density at radius 2 is 2.05 bits per heavy atom. The number of piperidine rings is 1. The van der Waals surface area contributed by atoms with Crippen molar-refractivity contribution in [1.82, 2.24) is 10.2 Å². The maximum Gasteiger partial charge on any atom is 0.123 e. The number of hydrogen-bond donors (Lipinski definition) is 1. The van der Waals surface area contributed by atoms with Crippen LogP contribution in [0.3, 0.4) is 0 Å². The molecule has 1 N–H and O–H groups in total. The number of hydrogen-bond acceptors (Lipinski definition) is 3. The van der Waals surface area contributed by atoms with Crippen LogP contribution in [-0.2, 0) is 0 Å². The minimum Gasteiger partial charge on any atom is -0.371 e. The Morgan fingerprint density at radius 3 is 2.62 bits per heavy atom. The van der Waals surface area contributed by atoms with E-state index >= 15 is 0 Å². The minimum atomic E-state index is -0.162. The predicted molar refractivity (Wildman–Crippen MR) is 87.4 cm³/mol. The van der Waals surface area contributed by atoms with Crippen molar-refractivity contribution in [3.63, 3.8) is 0 Å². The standard InChI is InChI=1S/C17H28FN3/c1-5-21-10-8-15(9-11-21)20(4)17-7-6-14(18)12-16(17)13(2)19-3/h6-7,12-13,15,19H,5,8-11H2,1-4H3. The lowest BCUT2D eigenvalue weighted by Crippen LogP contribution is -2.43. The highest BCUT2D eigenvalue weighted by atomic mass is 19.1. The first-order chi connectivity index (χ1) is 10.1. The fraction of sp³-hybridized carbons (Fsp3) is 0.647. The maximum atomic E-state index is 13.6. The van der Waals surface area contributed by atoms with Gasteiger partial charge >= 0.3 is 0 Å². The molecular weight excluding hydrogens is 265 g/mol. The molecule has 118 valence electrons. The van der Waals surface area contributed by atoms with Crippen LogP contribution in [0.25, 0.3) is 0 Å². The fourth-order valence-electron chi connectivity index (χ4n) is 3.17. The smallest absolute Gasteiger partial charge is 0.123 e. The molecule has 0 amide bonds. The molecule has 1 aromatic carbocycles. The van der Waals surface area contributed by atoms with Crippen LogP contribution in [0.4, 0.5) is 10.1 Å². The van der Waals surface area contributed by atoms with E-state index in [9.17, 15) is 4.39 Å². The SMILES string of the molecule is CCN1CCC(N(C)c2ccc(F)cc2C(C)NC)CC1. The van der Waals surface area contributed by atoms with Gasteiger partial charge < -0.3 is 15.1 Å². The van der Waals surface area contributed by atoms with Gasteiger partial charge in [-0.05, 0) is 57.1 Å². The summed E-state index contributed by atoms with van der Waals surface area (Å²) in [4.78, 5) is 4.84. The largest absolute Gasteiger partial charge is 0.371 e. The Morgan fingerprint density at radius 1 is 1.38 bits per heavy atom. The molecule has 4 heteroatoms. The average Bonchev–Trinajstić information content (AvgIpc) is 2.53. The Kier molecular flexibility index (Phi) is 5.59. The summed E-state index contributed by atoms with van der Waals surface area (Å²) in [7, 11) is 4.06. The molecule has 1 heterocycles. The first-order valence-electron chi connectivity index (χ1n) is 7.98. The van der Waals surface area contributed by atoms with Crippen molar-refractivity contribution >= 4 is 5.69 Å². The first-order valence-corrected chi connectivity index (χ1v) is 7.98. The number of halogens is 1. The summed E-state index contributed by atoms with van der Waals surface area (Å²) in [5.74, 6) is -0.162. The molecule has 1 aromatic rings. The summed E-state index contributed by atoms with van der Waals surface area (Å²) >= 11 is 0. The number of nitrogens with one attached hydrogen (secondary N) is 1. The van der Waals surface area contributed by atoms with Gasteiger partial charge in [0.1, 0.15) is 5.82 Å². The Balaban J connectivity index is 2.17. The van der Waals surface area contributed by atoms with Crippen molar-refractivity contribution in [3.8, 4) is 0 Å². The van der Waals surface area contributed by atoms with Gasteiger partial charge in [-0.25, -0.2) is 4.39 Å². The normalized spacial score (nSPS) is 18.7. The monoisotopic (exact) mass is 293 g/mol. The Bertz CT molecular complexity index is 455. The van der Waals surface area contributed by atoms with E-state index in [2.05, 4.69) is 36.0 Å². The van der Waals surface area contributed by atoms with Crippen LogP contribution >= 0.6 is 0 Å².